The van der Waals surface area contributed by atoms with Gasteiger partial charge in [0.2, 0.25) is 0 Å². The highest BCUT2D eigenvalue weighted by Gasteiger charge is 2.23. The molecule has 2 unspecified atom stereocenters. The van der Waals surface area contributed by atoms with E-state index in [1.54, 1.807) is 5.57 Å². The molecule has 1 aliphatic carbocycles. The van der Waals surface area contributed by atoms with Gasteiger partial charge in [0.15, 0.2) is 0 Å². The lowest BCUT2D eigenvalue weighted by molar-refractivity contribution is 0.125. The molecule has 0 bridgehead atoms. The van der Waals surface area contributed by atoms with Crippen LogP contribution in [-0.2, 0) is 9.57 Å². The molecular weight excluding hydrogens is 190 g/mol. The van der Waals surface area contributed by atoms with Gasteiger partial charge >= 0.3 is 0 Å². The summed E-state index contributed by atoms with van der Waals surface area (Å²) in [6.07, 6.45) is 5.80. The molecule has 1 aliphatic heterocycles. The minimum atomic E-state index is 0.303. The van der Waals surface area contributed by atoms with Crippen molar-refractivity contribution in [2.45, 2.75) is 39.2 Å². The Kier molecular flexibility index (Phi) is 3.41. The van der Waals surface area contributed by atoms with E-state index in [1.165, 1.54) is 18.4 Å². The summed E-state index contributed by atoms with van der Waals surface area (Å²) < 4.78 is 5.03. The maximum absolute atomic E-state index is 5.15. The Morgan fingerprint density at radius 3 is 2.93 bits per heavy atom. The second-order valence-electron chi connectivity index (χ2n) is 4.57. The van der Waals surface area contributed by atoms with Crippen LogP contribution in [0.3, 0.4) is 0 Å². The van der Waals surface area contributed by atoms with E-state index in [9.17, 15) is 0 Å². The van der Waals surface area contributed by atoms with Crippen LogP contribution in [0.4, 0.5) is 0 Å². The van der Waals surface area contributed by atoms with Crippen molar-refractivity contribution in [3.05, 3.63) is 11.1 Å². The summed E-state index contributed by atoms with van der Waals surface area (Å²) in [5.41, 5.74) is 3.06. The van der Waals surface area contributed by atoms with Crippen molar-refractivity contribution in [2.24, 2.45) is 11.1 Å². The quantitative estimate of drug-likeness (QED) is 0.308. The Balaban J connectivity index is 1.70. The Labute approximate surface area is 91.1 Å². The molecule has 0 amide bonds. The molecule has 1 heterocycles. The Morgan fingerprint density at radius 1 is 1.47 bits per heavy atom. The van der Waals surface area contributed by atoms with E-state index in [1.807, 2.05) is 6.21 Å². The van der Waals surface area contributed by atoms with Crippen LogP contribution in [0, 0.1) is 5.92 Å². The average molecular weight is 209 g/mol. The molecule has 15 heavy (non-hydrogen) atoms. The molecule has 0 N–H and O–H groups in total. The van der Waals surface area contributed by atoms with Crippen LogP contribution in [0.5, 0.6) is 0 Å². The third-order valence-electron chi connectivity index (χ3n) is 3.20. The first kappa shape index (κ1) is 10.7. The first-order chi connectivity index (χ1) is 7.25. The number of nitrogens with zero attached hydrogens (tertiary/aromatic N) is 1. The summed E-state index contributed by atoms with van der Waals surface area (Å²) in [5, 5.41) is 4.01. The lowest BCUT2D eigenvalue weighted by Crippen LogP contribution is -2.10. The van der Waals surface area contributed by atoms with Crippen LogP contribution in [0.1, 0.15) is 33.1 Å². The first-order valence-electron chi connectivity index (χ1n) is 5.68. The maximum Gasteiger partial charge on any atom is 0.145 e. The van der Waals surface area contributed by atoms with E-state index in [4.69, 9.17) is 9.57 Å². The van der Waals surface area contributed by atoms with Crippen molar-refractivity contribution in [3.63, 3.8) is 0 Å². The summed E-state index contributed by atoms with van der Waals surface area (Å²) in [5.74, 6) is 0.564. The molecule has 84 valence electrons. The fourth-order valence-corrected chi connectivity index (χ4v) is 1.83. The third kappa shape index (κ3) is 3.34. The van der Waals surface area contributed by atoms with Gasteiger partial charge in [0.1, 0.15) is 12.7 Å². The highest BCUT2D eigenvalue weighted by molar-refractivity contribution is 5.61. The lowest BCUT2D eigenvalue weighted by atomic mass is 9.86. The first-order valence-corrected chi connectivity index (χ1v) is 5.68. The molecule has 2 aliphatic rings. The fraction of sp³-hybridized carbons (Fsp3) is 0.750. The number of epoxide rings is 1. The smallest absolute Gasteiger partial charge is 0.145 e. The van der Waals surface area contributed by atoms with Crippen LogP contribution in [0.2, 0.25) is 0 Å². The molecule has 0 aromatic carbocycles. The van der Waals surface area contributed by atoms with E-state index in [0.717, 1.165) is 13.0 Å². The predicted octanol–water partition coefficient (Wildman–Crippen LogP) is 2.52. The van der Waals surface area contributed by atoms with Crippen LogP contribution >= 0.6 is 0 Å². The monoisotopic (exact) mass is 209 g/mol. The fourth-order valence-electron chi connectivity index (χ4n) is 1.83. The second-order valence-corrected chi connectivity index (χ2v) is 4.57. The van der Waals surface area contributed by atoms with Crippen molar-refractivity contribution >= 4 is 6.21 Å². The van der Waals surface area contributed by atoms with Crippen molar-refractivity contribution in [3.8, 4) is 0 Å². The van der Waals surface area contributed by atoms with E-state index in [-0.39, 0.29) is 0 Å². The van der Waals surface area contributed by atoms with Gasteiger partial charge in [-0.05, 0) is 33.1 Å². The summed E-state index contributed by atoms with van der Waals surface area (Å²) in [6, 6.07) is 0. The summed E-state index contributed by atoms with van der Waals surface area (Å²) in [7, 11) is 0. The summed E-state index contributed by atoms with van der Waals surface area (Å²) >= 11 is 0. The molecule has 2 atom stereocenters. The molecule has 2 rings (SSSR count). The van der Waals surface area contributed by atoms with E-state index in [0.29, 0.717) is 18.6 Å². The summed E-state index contributed by atoms with van der Waals surface area (Å²) in [6.45, 7) is 5.88. The van der Waals surface area contributed by atoms with Gasteiger partial charge in [-0.25, -0.2) is 0 Å². The molecule has 0 aromatic heterocycles. The van der Waals surface area contributed by atoms with E-state index < -0.39 is 0 Å². The van der Waals surface area contributed by atoms with Crippen LogP contribution in [-0.4, -0.2) is 25.5 Å². The number of rotatable bonds is 4. The molecule has 0 aromatic rings. The van der Waals surface area contributed by atoms with Gasteiger partial charge in [-0.3, -0.25) is 0 Å². The number of ether oxygens (including phenoxy) is 1. The topological polar surface area (TPSA) is 34.1 Å². The van der Waals surface area contributed by atoms with Crippen LogP contribution in [0.25, 0.3) is 0 Å². The molecule has 3 nitrogen and oxygen atoms in total. The molecule has 0 spiro atoms. The minimum absolute atomic E-state index is 0.303. The molecular formula is C12H19NO2. The SMILES string of the molecule is CC1=C(C)CC(/C=N/OCC2CO2)CC1. The van der Waals surface area contributed by atoms with E-state index in [2.05, 4.69) is 19.0 Å². The second kappa shape index (κ2) is 4.79. The Morgan fingerprint density at radius 2 is 2.27 bits per heavy atom. The molecule has 1 fully saturated rings. The largest absolute Gasteiger partial charge is 0.393 e. The minimum Gasteiger partial charge on any atom is -0.393 e. The molecule has 3 heteroatoms. The number of hydrogen-bond acceptors (Lipinski definition) is 3. The third-order valence-corrected chi connectivity index (χ3v) is 3.20. The number of allylic oxidation sites excluding steroid dienone is 2. The molecule has 0 saturated carbocycles. The zero-order valence-electron chi connectivity index (χ0n) is 9.53. The van der Waals surface area contributed by atoms with Crippen molar-refractivity contribution in [1.82, 2.24) is 0 Å². The van der Waals surface area contributed by atoms with Gasteiger partial charge in [0.05, 0.1) is 6.61 Å². The Bertz CT molecular complexity index is 279. The number of oxime groups is 1. The van der Waals surface area contributed by atoms with Crippen LogP contribution < -0.4 is 0 Å². The van der Waals surface area contributed by atoms with Gasteiger partial charge < -0.3 is 9.57 Å². The molecule has 0 radical (unpaired) electrons. The van der Waals surface area contributed by atoms with Crippen molar-refractivity contribution in [2.75, 3.05) is 13.2 Å². The van der Waals surface area contributed by atoms with Crippen molar-refractivity contribution < 1.29 is 9.57 Å². The van der Waals surface area contributed by atoms with E-state index >= 15 is 0 Å². The summed E-state index contributed by atoms with van der Waals surface area (Å²) in [4.78, 5) is 5.15. The Hall–Kier alpha value is -0.830. The highest BCUT2D eigenvalue weighted by atomic mass is 16.7. The zero-order chi connectivity index (χ0) is 10.7. The van der Waals surface area contributed by atoms with Gasteiger partial charge in [-0.2, -0.15) is 0 Å². The van der Waals surface area contributed by atoms with Crippen LogP contribution in [0.15, 0.2) is 16.3 Å². The maximum atomic E-state index is 5.15. The average Bonchev–Trinajstić information content (AvgIpc) is 3.02. The number of hydrogen-bond donors (Lipinski definition) is 0. The predicted molar refractivity (Wildman–Crippen MR) is 59.9 cm³/mol. The molecule has 1 saturated heterocycles. The zero-order valence-corrected chi connectivity index (χ0v) is 9.53. The standard InChI is InChI=1S/C12H19NO2/c1-9-3-4-11(5-10(9)2)6-13-15-8-12-7-14-12/h6,11-12H,3-5,7-8H2,1-2H3/b13-6+. The lowest BCUT2D eigenvalue weighted by Gasteiger charge is -2.20. The van der Waals surface area contributed by atoms with Crippen molar-refractivity contribution in [1.29, 1.82) is 0 Å². The van der Waals surface area contributed by atoms with Gasteiger partial charge in [0.25, 0.3) is 0 Å². The van der Waals surface area contributed by atoms with Gasteiger partial charge in [0, 0.05) is 12.1 Å². The van der Waals surface area contributed by atoms with Gasteiger partial charge in [-0.1, -0.05) is 16.3 Å². The normalized spacial score (nSPS) is 31.1. The highest BCUT2D eigenvalue weighted by Crippen LogP contribution is 2.27. The van der Waals surface area contributed by atoms with Gasteiger partial charge in [-0.15, -0.1) is 0 Å².